The van der Waals surface area contributed by atoms with E-state index in [-0.39, 0.29) is 11.8 Å². The molecule has 4 N–H and O–H groups in total. The molecule has 0 aromatic rings. The highest BCUT2D eigenvalue weighted by atomic mass is 16.4. The molecule has 2 atom stereocenters. The van der Waals surface area contributed by atoms with Crippen LogP contribution in [0, 0.1) is 11.8 Å². The second kappa shape index (κ2) is 11.7. The molecule has 0 saturated heterocycles. The standard InChI is InChI=1S/C17H33N3O4/c1-6-7-8-18-17(24)20-13(9-11(2)3)15(21)19-14(16(22)23)10-12(4)5/h11-14H,6-10H2,1-5H3,(H,19,21)(H,22,23)(H2,18,20,24). The molecule has 0 spiro atoms. The topological polar surface area (TPSA) is 108 Å². The lowest BCUT2D eigenvalue weighted by atomic mass is 10.0. The second-order valence-corrected chi connectivity index (χ2v) is 6.96. The molecule has 0 radical (unpaired) electrons. The van der Waals surface area contributed by atoms with E-state index in [1.165, 1.54) is 0 Å². The Balaban J connectivity index is 4.79. The minimum absolute atomic E-state index is 0.139. The average molecular weight is 343 g/mol. The first kappa shape index (κ1) is 22.2. The van der Waals surface area contributed by atoms with Gasteiger partial charge in [0.2, 0.25) is 5.91 Å². The summed E-state index contributed by atoms with van der Waals surface area (Å²) in [6, 6.07) is -2.10. The number of hydrogen-bond acceptors (Lipinski definition) is 3. The molecule has 0 aliphatic carbocycles. The summed E-state index contributed by atoms with van der Waals surface area (Å²) in [5.41, 5.74) is 0. The summed E-state index contributed by atoms with van der Waals surface area (Å²) in [6.45, 7) is 10.2. The maximum absolute atomic E-state index is 12.4. The third kappa shape index (κ3) is 10.1. The van der Waals surface area contributed by atoms with Crippen LogP contribution in [0.25, 0.3) is 0 Å². The van der Waals surface area contributed by atoms with E-state index >= 15 is 0 Å². The predicted octanol–water partition coefficient (Wildman–Crippen LogP) is 2.12. The molecular weight excluding hydrogens is 310 g/mol. The van der Waals surface area contributed by atoms with Crippen LogP contribution in [0.15, 0.2) is 0 Å². The Morgan fingerprint density at radius 3 is 1.92 bits per heavy atom. The number of carboxylic acid groups (broad SMARTS) is 1. The predicted molar refractivity (Wildman–Crippen MR) is 93.7 cm³/mol. The summed E-state index contributed by atoms with van der Waals surface area (Å²) in [5, 5.41) is 17.1. The SMILES string of the molecule is CCCCNC(=O)NC(CC(C)C)C(=O)NC(CC(C)C)C(=O)O. The largest absolute Gasteiger partial charge is 0.480 e. The van der Waals surface area contributed by atoms with E-state index < -0.39 is 30.0 Å². The zero-order valence-electron chi connectivity index (χ0n) is 15.5. The number of rotatable bonds is 11. The van der Waals surface area contributed by atoms with Gasteiger partial charge in [-0.05, 0) is 31.1 Å². The number of nitrogens with one attached hydrogen (secondary N) is 3. The summed E-state index contributed by atoms with van der Waals surface area (Å²) in [5.74, 6) is -1.19. The van der Waals surface area contributed by atoms with Crippen LogP contribution in [0.4, 0.5) is 4.79 Å². The van der Waals surface area contributed by atoms with E-state index in [9.17, 15) is 19.5 Å². The number of urea groups is 1. The van der Waals surface area contributed by atoms with Gasteiger partial charge in [-0.15, -0.1) is 0 Å². The Labute approximate surface area is 145 Å². The highest BCUT2D eigenvalue weighted by Gasteiger charge is 2.27. The molecule has 0 fully saturated rings. The zero-order chi connectivity index (χ0) is 18.7. The molecule has 0 aliphatic rings. The number of carboxylic acids is 1. The van der Waals surface area contributed by atoms with Crippen molar-refractivity contribution < 1.29 is 19.5 Å². The quantitative estimate of drug-likeness (QED) is 0.431. The molecule has 24 heavy (non-hydrogen) atoms. The first-order chi connectivity index (χ1) is 11.2. The van der Waals surface area contributed by atoms with Crippen LogP contribution < -0.4 is 16.0 Å². The maximum Gasteiger partial charge on any atom is 0.326 e. The molecule has 140 valence electrons. The van der Waals surface area contributed by atoms with Crippen molar-refractivity contribution in [2.45, 2.75) is 72.4 Å². The van der Waals surface area contributed by atoms with Gasteiger partial charge >= 0.3 is 12.0 Å². The zero-order valence-corrected chi connectivity index (χ0v) is 15.5. The first-order valence-corrected chi connectivity index (χ1v) is 8.74. The van der Waals surface area contributed by atoms with Crippen molar-refractivity contribution in [2.24, 2.45) is 11.8 Å². The van der Waals surface area contributed by atoms with Gasteiger partial charge in [0.1, 0.15) is 12.1 Å². The van der Waals surface area contributed by atoms with E-state index in [1.54, 1.807) is 0 Å². The molecule has 0 aromatic heterocycles. The molecule has 0 rings (SSSR count). The summed E-state index contributed by atoms with van der Waals surface area (Å²) in [7, 11) is 0. The van der Waals surface area contributed by atoms with Crippen LogP contribution in [0.5, 0.6) is 0 Å². The smallest absolute Gasteiger partial charge is 0.326 e. The third-order valence-electron chi connectivity index (χ3n) is 3.47. The van der Waals surface area contributed by atoms with Gasteiger partial charge in [-0.3, -0.25) is 4.79 Å². The summed E-state index contributed by atoms with van der Waals surface area (Å²) >= 11 is 0. The number of aliphatic carboxylic acids is 1. The summed E-state index contributed by atoms with van der Waals surface area (Å²) in [4.78, 5) is 35.6. The van der Waals surface area contributed by atoms with Gasteiger partial charge in [-0.2, -0.15) is 0 Å². The van der Waals surface area contributed by atoms with E-state index in [1.807, 2.05) is 34.6 Å². The van der Waals surface area contributed by atoms with E-state index in [4.69, 9.17) is 0 Å². The molecule has 7 nitrogen and oxygen atoms in total. The van der Waals surface area contributed by atoms with Crippen LogP contribution in [0.3, 0.4) is 0 Å². The summed E-state index contributed by atoms with van der Waals surface area (Å²) < 4.78 is 0. The number of carbonyl (C=O) groups is 3. The monoisotopic (exact) mass is 343 g/mol. The van der Waals surface area contributed by atoms with E-state index in [2.05, 4.69) is 16.0 Å². The van der Waals surface area contributed by atoms with Crippen molar-refractivity contribution in [3.8, 4) is 0 Å². The van der Waals surface area contributed by atoms with E-state index in [0.717, 1.165) is 12.8 Å². The van der Waals surface area contributed by atoms with Gasteiger partial charge in [0.25, 0.3) is 0 Å². The Kier molecular flexibility index (Phi) is 10.8. The second-order valence-electron chi connectivity index (χ2n) is 6.96. The fourth-order valence-electron chi connectivity index (χ4n) is 2.26. The Morgan fingerprint density at radius 1 is 0.917 bits per heavy atom. The van der Waals surface area contributed by atoms with Crippen molar-refractivity contribution in [2.75, 3.05) is 6.54 Å². The van der Waals surface area contributed by atoms with Crippen LogP contribution in [-0.4, -0.2) is 41.6 Å². The third-order valence-corrected chi connectivity index (χ3v) is 3.47. The Bertz CT molecular complexity index is 411. The van der Waals surface area contributed by atoms with Crippen LogP contribution >= 0.6 is 0 Å². The van der Waals surface area contributed by atoms with E-state index in [0.29, 0.717) is 19.4 Å². The highest BCUT2D eigenvalue weighted by Crippen LogP contribution is 2.08. The average Bonchev–Trinajstić information content (AvgIpc) is 2.45. The van der Waals surface area contributed by atoms with Crippen LogP contribution in [-0.2, 0) is 9.59 Å². The highest BCUT2D eigenvalue weighted by molar-refractivity contribution is 5.90. The fraction of sp³-hybridized carbons (Fsp3) is 0.824. The Hall–Kier alpha value is -1.79. The van der Waals surface area contributed by atoms with Gasteiger partial charge in [0.05, 0.1) is 0 Å². The lowest BCUT2D eigenvalue weighted by molar-refractivity contribution is -0.142. The van der Waals surface area contributed by atoms with Gasteiger partial charge in [-0.1, -0.05) is 41.0 Å². The minimum Gasteiger partial charge on any atom is -0.480 e. The number of amides is 3. The molecular formula is C17H33N3O4. The number of carbonyl (C=O) groups excluding carboxylic acids is 2. The van der Waals surface area contributed by atoms with Crippen molar-refractivity contribution in [1.82, 2.24) is 16.0 Å². The molecule has 2 unspecified atom stereocenters. The van der Waals surface area contributed by atoms with Gasteiger partial charge in [0.15, 0.2) is 0 Å². The number of unbranched alkanes of at least 4 members (excludes halogenated alkanes) is 1. The normalized spacial score (nSPS) is 13.5. The van der Waals surface area contributed by atoms with Gasteiger partial charge < -0.3 is 21.1 Å². The van der Waals surface area contributed by atoms with Gasteiger partial charge in [0, 0.05) is 6.54 Å². The van der Waals surface area contributed by atoms with Crippen LogP contribution in [0.2, 0.25) is 0 Å². The molecule has 0 aromatic carbocycles. The lowest BCUT2D eigenvalue weighted by Gasteiger charge is -2.23. The lowest BCUT2D eigenvalue weighted by Crippen LogP contribution is -2.54. The fourth-order valence-corrected chi connectivity index (χ4v) is 2.26. The Morgan fingerprint density at radius 2 is 1.46 bits per heavy atom. The first-order valence-electron chi connectivity index (χ1n) is 8.74. The molecule has 0 aliphatic heterocycles. The van der Waals surface area contributed by atoms with Crippen molar-refractivity contribution in [3.63, 3.8) is 0 Å². The van der Waals surface area contributed by atoms with Crippen molar-refractivity contribution >= 4 is 17.9 Å². The minimum atomic E-state index is -1.06. The number of hydrogen-bond donors (Lipinski definition) is 4. The maximum atomic E-state index is 12.4. The van der Waals surface area contributed by atoms with Crippen molar-refractivity contribution in [1.29, 1.82) is 0 Å². The molecule has 7 heteroatoms. The van der Waals surface area contributed by atoms with Crippen LogP contribution in [0.1, 0.15) is 60.3 Å². The molecule has 0 saturated carbocycles. The summed E-state index contributed by atoms with van der Waals surface area (Å²) in [6.07, 6.45) is 2.62. The molecule has 0 heterocycles. The van der Waals surface area contributed by atoms with Gasteiger partial charge in [-0.25, -0.2) is 9.59 Å². The van der Waals surface area contributed by atoms with Crippen molar-refractivity contribution in [3.05, 3.63) is 0 Å². The molecule has 3 amide bonds. The molecule has 0 bridgehead atoms.